The molecule has 1 aromatic carbocycles. The van der Waals surface area contributed by atoms with Crippen LogP contribution < -0.4 is 10.4 Å². The first-order chi connectivity index (χ1) is 14.8. The van der Waals surface area contributed by atoms with Crippen molar-refractivity contribution in [2.45, 2.75) is 6.92 Å². The minimum absolute atomic E-state index is 0.217. The Balaban J connectivity index is 1.95. The normalized spacial score (nSPS) is 11.7. The van der Waals surface area contributed by atoms with Crippen LogP contribution in [0.3, 0.4) is 0 Å². The monoisotopic (exact) mass is 421 g/mol. The molecule has 0 aliphatic heterocycles. The summed E-state index contributed by atoms with van der Waals surface area (Å²) >= 11 is 0. The number of methoxy groups -OCH3 is 1. The summed E-state index contributed by atoms with van der Waals surface area (Å²) in [7, 11) is 6.68. The predicted octanol–water partition coefficient (Wildman–Crippen LogP) is 2.47. The predicted molar refractivity (Wildman–Crippen MR) is 114 cm³/mol. The zero-order valence-electron chi connectivity index (χ0n) is 17.7. The maximum Gasteiger partial charge on any atom is 0.333 e. The summed E-state index contributed by atoms with van der Waals surface area (Å²) in [5, 5.41) is 8.89. The van der Waals surface area contributed by atoms with Gasteiger partial charge in [-0.2, -0.15) is 9.49 Å². The highest BCUT2D eigenvalue weighted by Gasteiger charge is 2.22. The molecule has 158 valence electrons. The Bertz CT molecular complexity index is 1550. The number of pyridine rings is 1. The topological polar surface area (TPSA) is 84.7 Å². The van der Waals surface area contributed by atoms with Crippen LogP contribution in [0.2, 0.25) is 0 Å². The molecule has 31 heavy (non-hydrogen) atoms. The zero-order valence-corrected chi connectivity index (χ0v) is 17.7. The van der Waals surface area contributed by atoms with Crippen LogP contribution in [-0.4, -0.2) is 40.8 Å². The smallest absolute Gasteiger partial charge is 0.333 e. The molecule has 0 atom stereocenters. The van der Waals surface area contributed by atoms with Crippen LogP contribution in [0.15, 0.2) is 35.5 Å². The van der Waals surface area contributed by atoms with E-state index in [0.717, 1.165) is 0 Å². The van der Waals surface area contributed by atoms with E-state index in [4.69, 9.17) is 4.74 Å². The van der Waals surface area contributed by atoms with Crippen molar-refractivity contribution in [1.82, 2.24) is 33.7 Å². The van der Waals surface area contributed by atoms with E-state index < -0.39 is 5.95 Å². The third kappa shape index (κ3) is 2.68. The van der Waals surface area contributed by atoms with Crippen LogP contribution in [0.5, 0.6) is 5.75 Å². The number of hydrogen-bond donors (Lipinski definition) is 0. The average molecular weight is 421 g/mol. The molecule has 0 aliphatic carbocycles. The summed E-state index contributed by atoms with van der Waals surface area (Å²) in [6.45, 7) is 1.85. The third-order valence-electron chi connectivity index (χ3n) is 5.51. The number of imidazole rings is 1. The Hall–Kier alpha value is -3.95. The molecule has 0 fully saturated rings. The first-order valence-corrected chi connectivity index (χ1v) is 9.58. The number of rotatable bonds is 3. The minimum Gasteiger partial charge on any atom is -0.496 e. The summed E-state index contributed by atoms with van der Waals surface area (Å²) < 4.78 is 26.3. The first-order valence-electron chi connectivity index (χ1n) is 9.58. The molecule has 0 amide bonds. The third-order valence-corrected chi connectivity index (χ3v) is 5.51. The summed E-state index contributed by atoms with van der Waals surface area (Å²) in [5.74, 6) is -0.137. The van der Waals surface area contributed by atoms with Gasteiger partial charge in [0.15, 0.2) is 0 Å². The van der Waals surface area contributed by atoms with Gasteiger partial charge in [-0.15, -0.1) is 5.10 Å². The van der Waals surface area contributed by atoms with Gasteiger partial charge in [-0.3, -0.25) is 23.5 Å². The van der Waals surface area contributed by atoms with Crippen LogP contribution in [0.1, 0.15) is 5.69 Å². The maximum atomic E-state index is 14.5. The maximum absolute atomic E-state index is 14.5. The Morgan fingerprint density at radius 2 is 1.77 bits per heavy atom. The van der Waals surface area contributed by atoms with Gasteiger partial charge in [0.25, 0.3) is 0 Å². The zero-order chi connectivity index (χ0) is 22.0. The lowest BCUT2D eigenvalue weighted by Crippen LogP contribution is -2.21. The molecule has 10 heteroatoms. The number of nitrogens with zero attached hydrogens (tertiary/aromatic N) is 7. The fourth-order valence-electron chi connectivity index (χ4n) is 4.08. The molecule has 0 N–H and O–H groups in total. The number of benzene rings is 1. The fourth-order valence-corrected chi connectivity index (χ4v) is 4.08. The molecule has 4 aromatic heterocycles. The fraction of sp³-hybridized carbons (Fsp3) is 0.238. The van der Waals surface area contributed by atoms with E-state index in [1.807, 2.05) is 6.92 Å². The van der Waals surface area contributed by atoms with Crippen molar-refractivity contribution in [2.24, 2.45) is 21.1 Å². The van der Waals surface area contributed by atoms with Crippen molar-refractivity contribution in [3.8, 4) is 22.6 Å². The van der Waals surface area contributed by atoms with Crippen molar-refractivity contribution in [3.05, 3.63) is 52.8 Å². The van der Waals surface area contributed by atoms with Gasteiger partial charge in [0.2, 0.25) is 5.95 Å². The van der Waals surface area contributed by atoms with Crippen LogP contribution >= 0.6 is 0 Å². The average Bonchev–Trinajstić information content (AvgIpc) is 3.33. The molecule has 0 unspecified atom stereocenters. The largest absolute Gasteiger partial charge is 0.496 e. The van der Waals surface area contributed by atoms with E-state index in [9.17, 15) is 9.18 Å². The van der Waals surface area contributed by atoms with Crippen LogP contribution in [-0.2, 0) is 21.1 Å². The van der Waals surface area contributed by atoms with Gasteiger partial charge in [-0.25, -0.2) is 4.79 Å². The quantitative estimate of drug-likeness (QED) is 0.447. The van der Waals surface area contributed by atoms with E-state index in [1.165, 1.54) is 11.8 Å². The molecule has 5 aromatic rings. The summed E-state index contributed by atoms with van der Waals surface area (Å²) in [6, 6.07) is 3.54. The lowest BCUT2D eigenvalue weighted by Gasteiger charge is -2.11. The molecule has 0 aliphatic rings. The van der Waals surface area contributed by atoms with Gasteiger partial charge in [0, 0.05) is 50.6 Å². The van der Waals surface area contributed by atoms with Gasteiger partial charge in [0.05, 0.1) is 46.8 Å². The number of aryl methyl sites for hydroxylation is 4. The molecule has 0 saturated heterocycles. The highest BCUT2D eigenvalue weighted by Crippen LogP contribution is 2.37. The number of halogens is 1. The molecular formula is C21H20FN7O2. The van der Waals surface area contributed by atoms with E-state index in [2.05, 4.69) is 15.2 Å². The lowest BCUT2D eigenvalue weighted by molar-refractivity contribution is 0.416. The van der Waals surface area contributed by atoms with Crippen LogP contribution in [0.4, 0.5) is 4.39 Å². The Morgan fingerprint density at radius 1 is 1.03 bits per heavy atom. The number of fused-ring (bicyclic) bond motifs is 3. The molecule has 4 heterocycles. The van der Waals surface area contributed by atoms with Crippen molar-refractivity contribution in [3.63, 3.8) is 0 Å². The second-order valence-corrected chi connectivity index (χ2v) is 7.52. The first kappa shape index (κ1) is 19.0. The lowest BCUT2D eigenvalue weighted by atomic mass is 10.0. The van der Waals surface area contributed by atoms with Gasteiger partial charge in [0.1, 0.15) is 5.75 Å². The molecular weight excluding hydrogens is 401 g/mol. The summed E-state index contributed by atoms with van der Waals surface area (Å²) in [4.78, 5) is 17.7. The van der Waals surface area contributed by atoms with E-state index >= 15 is 0 Å². The molecule has 0 spiro atoms. The standard InChI is InChI=1S/C21H20FN7O2/c1-11-17(10-27(3)24-11)29-19-13-6-12(14-9-26(2)25-20(14)22)18(31-5)7-15(13)23-8-16(19)28(4)21(29)30/h6-10H,1-5H3. The SMILES string of the molecule is COc1cc2ncc3c(c2cc1-c1cn(C)nc1F)n(-c1cn(C)nc1C)c(=O)n3C. The molecule has 0 bridgehead atoms. The highest BCUT2D eigenvalue weighted by atomic mass is 19.1. The van der Waals surface area contributed by atoms with E-state index in [0.29, 0.717) is 50.2 Å². The van der Waals surface area contributed by atoms with Crippen molar-refractivity contribution in [1.29, 1.82) is 0 Å². The summed E-state index contributed by atoms with van der Waals surface area (Å²) in [6.07, 6.45) is 5.05. The Morgan fingerprint density at radius 3 is 2.39 bits per heavy atom. The van der Waals surface area contributed by atoms with Crippen LogP contribution in [0.25, 0.3) is 38.8 Å². The van der Waals surface area contributed by atoms with E-state index in [1.54, 1.807) is 65.7 Å². The van der Waals surface area contributed by atoms with Crippen molar-refractivity contribution in [2.75, 3.05) is 7.11 Å². The number of hydrogen-bond acceptors (Lipinski definition) is 5. The minimum atomic E-state index is -0.603. The molecule has 9 nitrogen and oxygen atoms in total. The second-order valence-electron chi connectivity index (χ2n) is 7.52. The second kappa shape index (κ2) is 6.53. The van der Waals surface area contributed by atoms with Crippen molar-refractivity contribution < 1.29 is 9.13 Å². The number of ether oxygens (including phenoxy) is 1. The van der Waals surface area contributed by atoms with Crippen molar-refractivity contribution >= 4 is 21.9 Å². The van der Waals surface area contributed by atoms with Crippen LogP contribution in [0, 0.1) is 12.9 Å². The number of aromatic nitrogens is 7. The highest BCUT2D eigenvalue weighted by molar-refractivity contribution is 6.05. The van der Waals surface area contributed by atoms with E-state index in [-0.39, 0.29) is 5.69 Å². The Labute approximate surface area is 175 Å². The van der Waals surface area contributed by atoms with Gasteiger partial charge >= 0.3 is 5.69 Å². The molecule has 0 saturated carbocycles. The van der Waals surface area contributed by atoms with Gasteiger partial charge in [-0.1, -0.05) is 0 Å². The Kier molecular flexibility index (Phi) is 4.01. The summed E-state index contributed by atoms with van der Waals surface area (Å²) in [5.41, 5.74) is 3.96. The van der Waals surface area contributed by atoms with Gasteiger partial charge in [-0.05, 0) is 13.0 Å². The molecule has 5 rings (SSSR count). The molecule has 0 radical (unpaired) electrons. The van der Waals surface area contributed by atoms with Gasteiger partial charge < -0.3 is 4.74 Å².